The molecule has 0 aliphatic heterocycles. The van der Waals surface area contributed by atoms with E-state index in [0.29, 0.717) is 0 Å². The number of furan rings is 1. The van der Waals surface area contributed by atoms with E-state index in [4.69, 9.17) is 25.9 Å². The third kappa shape index (κ3) is 3.07. The van der Waals surface area contributed by atoms with Crippen LogP contribution in [0.1, 0.15) is 16.1 Å². The molecule has 0 radical (unpaired) electrons. The van der Waals surface area contributed by atoms with Gasteiger partial charge < -0.3 is 14.3 Å². The minimum atomic E-state index is -1.13. The number of hydrogen-bond acceptors (Lipinski definition) is 5. The first kappa shape index (κ1) is 13.9. The van der Waals surface area contributed by atoms with Crippen molar-refractivity contribution in [2.45, 2.75) is 6.61 Å². The van der Waals surface area contributed by atoms with E-state index < -0.39 is 10.9 Å². The largest absolute Gasteiger partial charge is 0.479 e. The lowest BCUT2D eigenvalue weighted by atomic mass is 10.3. The van der Waals surface area contributed by atoms with Gasteiger partial charge in [-0.25, -0.2) is 4.79 Å². The smallest absolute Gasteiger partial charge is 0.338 e. The van der Waals surface area contributed by atoms with Crippen LogP contribution in [0, 0.1) is 10.1 Å². The van der Waals surface area contributed by atoms with Crippen molar-refractivity contribution in [3.63, 3.8) is 0 Å². The molecule has 0 aliphatic carbocycles. The first-order valence-electron chi connectivity index (χ1n) is 5.35. The van der Waals surface area contributed by atoms with Gasteiger partial charge in [0.05, 0.1) is 10.5 Å². The molecule has 0 amide bonds. The van der Waals surface area contributed by atoms with Crippen LogP contribution in [0.3, 0.4) is 0 Å². The van der Waals surface area contributed by atoms with Gasteiger partial charge in [0.25, 0.3) is 0 Å². The SMILES string of the molecule is O=C(O)c1coc(COc2cc(Cl)ccc2[N+](=O)[O-])c1. The number of rotatable bonds is 5. The van der Waals surface area contributed by atoms with Crippen molar-refractivity contribution < 1.29 is 24.0 Å². The van der Waals surface area contributed by atoms with Gasteiger partial charge in [0.2, 0.25) is 0 Å². The molecule has 1 N–H and O–H groups in total. The molecular formula is C12H8ClNO6. The second-order valence-corrected chi connectivity index (χ2v) is 4.20. The number of carboxylic acids is 1. The maximum atomic E-state index is 10.8. The fraction of sp³-hybridized carbons (Fsp3) is 0.0833. The summed E-state index contributed by atoms with van der Waals surface area (Å²) in [7, 11) is 0. The van der Waals surface area contributed by atoms with Gasteiger partial charge in [-0.05, 0) is 12.1 Å². The number of ether oxygens (including phenoxy) is 1. The van der Waals surface area contributed by atoms with Gasteiger partial charge in [-0.3, -0.25) is 10.1 Å². The molecule has 0 aliphatic rings. The van der Waals surface area contributed by atoms with Gasteiger partial charge in [0.15, 0.2) is 5.75 Å². The minimum absolute atomic E-state index is 0.0178. The van der Waals surface area contributed by atoms with E-state index in [1.54, 1.807) is 0 Å². The van der Waals surface area contributed by atoms with Gasteiger partial charge in [0, 0.05) is 17.2 Å². The second kappa shape index (κ2) is 5.62. The summed E-state index contributed by atoms with van der Waals surface area (Å²) in [4.78, 5) is 20.9. The molecule has 8 heteroatoms. The molecule has 0 atom stereocenters. The molecule has 2 aromatic rings. The van der Waals surface area contributed by atoms with E-state index >= 15 is 0 Å². The Morgan fingerprint density at radius 1 is 1.45 bits per heavy atom. The van der Waals surface area contributed by atoms with E-state index in [2.05, 4.69) is 0 Å². The summed E-state index contributed by atoms with van der Waals surface area (Å²) in [5, 5.41) is 19.8. The van der Waals surface area contributed by atoms with Crippen LogP contribution >= 0.6 is 11.6 Å². The van der Waals surface area contributed by atoms with Gasteiger partial charge in [-0.1, -0.05) is 11.6 Å². The second-order valence-electron chi connectivity index (χ2n) is 3.76. The quantitative estimate of drug-likeness (QED) is 0.672. The summed E-state index contributed by atoms with van der Waals surface area (Å²) in [6.07, 6.45) is 1.06. The molecule has 0 spiro atoms. The maximum Gasteiger partial charge on any atom is 0.338 e. The Kier molecular flexibility index (Phi) is 3.90. The molecule has 2 rings (SSSR count). The molecule has 104 valence electrons. The highest BCUT2D eigenvalue weighted by atomic mass is 35.5. The number of aromatic carboxylic acids is 1. The van der Waals surface area contributed by atoms with E-state index in [-0.39, 0.29) is 34.4 Å². The summed E-state index contributed by atoms with van der Waals surface area (Å²) in [5.74, 6) is -0.916. The Hall–Kier alpha value is -2.54. The molecule has 7 nitrogen and oxygen atoms in total. The topological polar surface area (TPSA) is 103 Å². The van der Waals surface area contributed by atoms with Gasteiger partial charge in [-0.2, -0.15) is 0 Å². The van der Waals surface area contributed by atoms with E-state index in [0.717, 1.165) is 6.26 Å². The van der Waals surface area contributed by atoms with Crippen LogP contribution in [0.4, 0.5) is 5.69 Å². The molecule has 0 fully saturated rings. The molecule has 0 unspecified atom stereocenters. The first-order chi connectivity index (χ1) is 9.47. The minimum Gasteiger partial charge on any atom is -0.479 e. The van der Waals surface area contributed by atoms with Crippen LogP contribution in [-0.4, -0.2) is 16.0 Å². The number of hydrogen-bond donors (Lipinski definition) is 1. The summed E-state index contributed by atoms with van der Waals surface area (Å²) < 4.78 is 10.2. The first-order valence-corrected chi connectivity index (χ1v) is 5.72. The Labute approximate surface area is 117 Å². The highest BCUT2D eigenvalue weighted by Crippen LogP contribution is 2.30. The van der Waals surface area contributed by atoms with Gasteiger partial charge >= 0.3 is 11.7 Å². The van der Waals surface area contributed by atoms with Crippen LogP contribution in [0.15, 0.2) is 34.9 Å². The zero-order valence-corrected chi connectivity index (χ0v) is 10.7. The molecule has 0 saturated carbocycles. The molecule has 20 heavy (non-hydrogen) atoms. The number of nitro benzene ring substituents is 1. The van der Waals surface area contributed by atoms with Crippen LogP contribution < -0.4 is 4.74 Å². The van der Waals surface area contributed by atoms with Crippen LogP contribution in [0.25, 0.3) is 0 Å². The zero-order chi connectivity index (χ0) is 14.7. The highest BCUT2D eigenvalue weighted by Gasteiger charge is 2.16. The molecule has 1 aromatic heterocycles. The Balaban J connectivity index is 2.15. The van der Waals surface area contributed by atoms with Crippen LogP contribution in [-0.2, 0) is 6.61 Å². The molecular weight excluding hydrogens is 290 g/mol. The van der Waals surface area contributed by atoms with Crippen molar-refractivity contribution in [3.05, 3.63) is 57.0 Å². The lowest BCUT2D eigenvalue weighted by Gasteiger charge is -2.05. The number of nitro groups is 1. The maximum absolute atomic E-state index is 10.8. The Morgan fingerprint density at radius 2 is 2.20 bits per heavy atom. The third-order valence-electron chi connectivity index (χ3n) is 2.39. The van der Waals surface area contributed by atoms with E-state index in [1.807, 2.05) is 0 Å². The molecule has 1 heterocycles. The third-order valence-corrected chi connectivity index (χ3v) is 2.62. The van der Waals surface area contributed by atoms with Crippen molar-refractivity contribution in [1.82, 2.24) is 0 Å². The number of nitrogens with zero attached hydrogens (tertiary/aromatic N) is 1. The van der Waals surface area contributed by atoms with Crippen LogP contribution in [0.2, 0.25) is 5.02 Å². The van der Waals surface area contributed by atoms with Crippen molar-refractivity contribution in [1.29, 1.82) is 0 Å². The normalized spacial score (nSPS) is 10.2. The molecule has 1 aromatic carbocycles. The lowest BCUT2D eigenvalue weighted by molar-refractivity contribution is -0.386. The number of carboxylic acid groups (broad SMARTS) is 1. The molecule has 0 saturated heterocycles. The van der Waals surface area contributed by atoms with Crippen molar-refractivity contribution in [2.24, 2.45) is 0 Å². The van der Waals surface area contributed by atoms with E-state index in [9.17, 15) is 14.9 Å². The van der Waals surface area contributed by atoms with Crippen molar-refractivity contribution in [2.75, 3.05) is 0 Å². The summed E-state index contributed by atoms with van der Waals surface area (Å²) in [6, 6.07) is 5.18. The van der Waals surface area contributed by atoms with Crippen molar-refractivity contribution in [3.8, 4) is 5.75 Å². The average Bonchev–Trinajstić information content (AvgIpc) is 2.85. The monoisotopic (exact) mass is 297 g/mol. The van der Waals surface area contributed by atoms with Gasteiger partial charge in [-0.15, -0.1) is 0 Å². The average molecular weight is 298 g/mol. The fourth-order valence-corrected chi connectivity index (χ4v) is 1.63. The Morgan fingerprint density at radius 3 is 2.80 bits per heavy atom. The predicted octanol–water partition coefficient (Wildman–Crippen LogP) is 3.12. The number of benzene rings is 1. The van der Waals surface area contributed by atoms with E-state index in [1.165, 1.54) is 24.3 Å². The van der Waals surface area contributed by atoms with Crippen LogP contribution in [0.5, 0.6) is 5.75 Å². The lowest BCUT2D eigenvalue weighted by Crippen LogP contribution is -1.98. The molecule has 0 bridgehead atoms. The summed E-state index contributed by atoms with van der Waals surface area (Å²) in [6.45, 7) is -0.144. The number of halogens is 1. The predicted molar refractivity (Wildman–Crippen MR) is 68.1 cm³/mol. The highest BCUT2D eigenvalue weighted by molar-refractivity contribution is 6.30. The zero-order valence-electron chi connectivity index (χ0n) is 9.91. The standard InChI is InChI=1S/C12H8ClNO6/c13-8-1-2-10(14(17)18)11(4-8)20-6-9-3-7(5-19-9)12(15)16/h1-5H,6H2,(H,15,16). The summed E-state index contributed by atoms with van der Waals surface area (Å²) >= 11 is 5.75. The summed E-state index contributed by atoms with van der Waals surface area (Å²) in [5.41, 5.74) is -0.261. The number of carbonyl (C=O) groups is 1. The Bertz CT molecular complexity index is 666. The van der Waals surface area contributed by atoms with Crippen molar-refractivity contribution >= 4 is 23.3 Å². The van der Waals surface area contributed by atoms with Gasteiger partial charge in [0.1, 0.15) is 18.6 Å². The fourth-order valence-electron chi connectivity index (χ4n) is 1.47.